The number of rotatable bonds is 6. The van der Waals surface area contributed by atoms with Crippen molar-refractivity contribution < 1.29 is 0 Å². The molecule has 0 spiro atoms. The predicted molar refractivity (Wildman–Crippen MR) is 129 cm³/mol. The van der Waals surface area contributed by atoms with Gasteiger partial charge in [-0.05, 0) is 50.8 Å². The molecule has 0 aromatic heterocycles. The van der Waals surface area contributed by atoms with E-state index in [-0.39, 0.29) is 24.0 Å². The number of likely N-dealkylation sites (tertiary alicyclic amines) is 1. The van der Waals surface area contributed by atoms with Crippen LogP contribution in [0.4, 0.5) is 0 Å². The number of hydrogen-bond donors (Lipinski definition) is 2. The van der Waals surface area contributed by atoms with Gasteiger partial charge < -0.3 is 10.6 Å². The van der Waals surface area contributed by atoms with Gasteiger partial charge >= 0.3 is 0 Å². The van der Waals surface area contributed by atoms with Crippen LogP contribution in [-0.2, 0) is 0 Å². The van der Waals surface area contributed by atoms with Crippen molar-refractivity contribution in [3.63, 3.8) is 0 Å². The first-order valence-corrected chi connectivity index (χ1v) is 10.5. The van der Waals surface area contributed by atoms with Crippen LogP contribution in [0.25, 0.3) is 0 Å². The maximum absolute atomic E-state index is 4.67. The fraction of sp³-hybridized carbons (Fsp3) is 0.571. The topological polar surface area (TPSA) is 39.7 Å². The SMILES string of the molecule is C=C(C)CN1CCC(NC(=NCC)NC2CC2c2ccc(Br)cc2)CC1.I. The Morgan fingerprint density at radius 2 is 1.89 bits per heavy atom. The van der Waals surface area contributed by atoms with Gasteiger partial charge in [-0.2, -0.15) is 0 Å². The lowest BCUT2D eigenvalue weighted by Gasteiger charge is -2.33. The lowest BCUT2D eigenvalue weighted by atomic mass is 10.0. The highest BCUT2D eigenvalue weighted by atomic mass is 127. The summed E-state index contributed by atoms with van der Waals surface area (Å²) in [5.41, 5.74) is 2.66. The molecule has 1 aromatic rings. The number of benzene rings is 1. The molecule has 2 atom stereocenters. The molecule has 0 bridgehead atoms. The zero-order chi connectivity index (χ0) is 18.5. The first-order valence-electron chi connectivity index (χ1n) is 9.75. The smallest absolute Gasteiger partial charge is 0.191 e. The standard InChI is InChI=1S/C21H31BrN4.HI/c1-4-23-21(24-18-9-11-26(12-10-18)14-15(2)3)25-20-13-19(20)16-5-7-17(22)8-6-16;/h5-8,18-20H,2,4,9-14H2,1,3H3,(H2,23,24,25);1H. The number of nitrogens with one attached hydrogen (secondary N) is 2. The highest BCUT2D eigenvalue weighted by Crippen LogP contribution is 2.41. The summed E-state index contributed by atoms with van der Waals surface area (Å²) in [6.45, 7) is 12.3. The van der Waals surface area contributed by atoms with Crippen LogP contribution in [-0.4, -0.2) is 49.1 Å². The summed E-state index contributed by atoms with van der Waals surface area (Å²) >= 11 is 3.51. The second kappa shape index (κ2) is 10.8. The number of aliphatic imine (C=N–C) groups is 1. The molecule has 3 rings (SSSR count). The van der Waals surface area contributed by atoms with E-state index in [4.69, 9.17) is 0 Å². The van der Waals surface area contributed by atoms with Crippen molar-refractivity contribution >= 4 is 45.9 Å². The molecule has 27 heavy (non-hydrogen) atoms. The fourth-order valence-electron chi connectivity index (χ4n) is 3.71. The van der Waals surface area contributed by atoms with E-state index in [0.29, 0.717) is 18.0 Å². The Labute approximate surface area is 189 Å². The Balaban J connectivity index is 0.00000261. The minimum absolute atomic E-state index is 0. The first kappa shape index (κ1) is 22.7. The molecule has 4 nitrogen and oxygen atoms in total. The molecule has 1 saturated heterocycles. The summed E-state index contributed by atoms with van der Waals surface area (Å²) in [6, 6.07) is 9.71. The molecular weight excluding hydrogens is 515 g/mol. The van der Waals surface area contributed by atoms with E-state index in [0.717, 1.165) is 36.6 Å². The van der Waals surface area contributed by atoms with Crippen molar-refractivity contribution in [3.8, 4) is 0 Å². The van der Waals surface area contributed by atoms with Crippen molar-refractivity contribution in [2.45, 2.75) is 51.1 Å². The number of nitrogens with zero attached hydrogens (tertiary/aromatic N) is 2. The molecule has 1 aromatic carbocycles. The molecule has 2 fully saturated rings. The van der Waals surface area contributed by atoms with Gasteiger partial charge in [-0.15, -0.1) is 24.0 Å². The Morgan fingerprint density at radius 3 is 2.48 bits per heavy atom. The zero-order valence-corrected chi connectivity index (χ0v) is 20.3. The minimum atomic E-state index is 0. The van der Waals surface area contributed by atoms with Crippen molar-refractivity contribution in [2.24, 2.45) is 4.99 Å². The van der Waals surface area contributed by atoms with Gasteiger partial charge in [-0.1, -0.05) is 40.2 Å². The molecule has 150 valence electrons. The molecule has 2 unspecified atom stereocenters. The van der Waals surface area contributed by atoms with Gasteiger partial charge in [0, 0.05) is 48.7 Å². The van der Waals surface area contributed by atoms with Crippen LogP contribution in [0.3, 0.4) is 0 Å². The molecular formula is C21H32BrIN4. The van der Waals surface area contributed by atoms with Crippen molar-refractivity contribution in [2.75, 3.05) is 26.2 Å². The van der Waals surface area contributed by atoms with Crippen LogP contribution in [0.5, 0.6) is 0 Å². The maximum Gasteiger partial charge on any atom is 0.191 e. The Morgan fingerprint density at radius 1 is 1.22 bits per heavy atom. The number of halogens is 2. The summed E-state index contributed by atoms with van der Waals surface area (Å²) in [5, 5.41) is 7.31. The van der Waals surface area contributed by atoms with E-state index in [9.17, 15) is 0 Å². The van der Waals surface area contributed by atoms with Crippen LogP contribution in [0.1, 0.15) is 44.6 Å². The molecule has 1 heterocycles. The molecule has 1 saturated carbocycles. The summed E-state index contributed by atoms with van der Waals surface area (Å²) < 4.78 is 1.14. The Hall–Kier alpha value is -0.600. The predicted octanol–water partition coefficient (Wildman–Crippen LogP) is 4.52. The van der Waals surface area contributed by atoms with E-state index in [1.807, 2.05) is 0 Å². The van der Waals surface area contributed by atoms with Gasteiger partial charge in [0.2, 0.25) is 0 Å². The quantitative estimate of drug-likeness (QED) is 0.238. The van der Waals surface area contributed by atoms with Crippen LogP contribution in [0.2, 0.25) is 0 Å². The van der Waals surface area contributed by atoms with Gasteiger partial charge in [0.05, 0.1) is 0 Å². The summed E-state index contributed by atoms with van der Waals surface area (Å²) in [5.74, 6) is 1.58. The number of hydrogen-bond acceptors (Lipinski definition) is 2. The monoisotopic (exact) mass is 546 g/mol. The minimum Gasteiger partial charge on any atom is -0.354 e. The highest BCUT2D eigenvalue weighted by molar-refractivity contribution is 14.0. The van der Waals surface area contributed by atoms with E-state index in [1.165, 1.54) is 30.4 Å². The lowest BCUT2D eigenvalue weighted by molar-refractivity contribution is 0.221. The van der Waals surface area contributed by atoms with Crippen molar-refractivity contribution in [1.29, 1.82) is 0 Å². The van der Waals surface area contributed by atoms with Gasteiger partial charge in [0.1, 0.15) is 0 Å². The van der Waals surface area contributed by atoms with Gasteiger partial charge in [-0.25, -0.2) is 0 Å². The molecule has 0 radical (unpaired) electrons. The highest BCUT2D eigenvalue weighted by Gasteiger charge is 2.39. The van der Waals surface area contributed by atoms with E-state index in [1.54, 1.807) is 0 Å². The van der Waals surface area contributed by atoms with Crippen molar-refractivity contribution in [1.82, 2.24) is 15.5 Å². The van der Waals surface area contributed by atoms with Crippen LogP contribution in [0.15, 0.2) is 45.9 Å². The summed E-state index contributed by atoms with van der Waals surface area (Å²) in [6.07, 6.45) is 3.51. The molecule has 2 aliphatic rings. The molecule has 2 N–H and O–H groups in total. The number of piperidine rings is 1. The molecule has 6 heteroatoms. The van der Waals surface area contributed by atoms with Crippen LogP contribution < -0.4 is 10.6 Å². The average molecular weight is 547 g/mol. The summed E-state index contributed by atoms with van der Waals surface area (Å²) in [7, 11) is 0. The van der Waals surface area contributed by atoms with Gasteiger partial charge in [-0.3, -0.25) is 9.89 Å². The lowest BCUT2D eigenvalue weighted by Crippen LogP contribution is -2.49. The van der Waals surface area contributed by atoms with Crippen LogP contribution >= 0.6 is 39.9 Å². The third-order valence-electron chi connectivity index (χ3n) is 5.15. The summed E-state index contributed by atoms with van der Waals surface area (Å²) in [4.78, 5) is 7.16. The van der Waals surface area contributed by atoms with E-state index in [2.05, 4.69) is 81.1 Å². The third-order valence-corrected chi connectivity index (χ3v) is 5.68. The van der Waals surface area contributed by atoms with Crippen LogP contribution in [0, 0.1) is 0 Å². The second-order valence-corrected chi connectivity index (χ2v) is 8.54. The normalized spacial score (nSPS) is 23.4. The first-order chi connectivity index (χ1) is 12.5. The Kier molecular flexibility index (Phi) is 9.08. The van der Waals surface area contributed by atoms with E-state index >= 15 is 0 Å². The van der Waals surface area contributed by atoms with Gasteiger partial charge in [0.25, 0.3) is 0 Å². The second-order valence-electron chi connectivity index (χ2n) is 7.62. The van der Waals surface area contributed by atoms with E-state index < -0.39 is 0 Å². The third kappa shape index (κ3) is 7.06. The largest absolute Gasteiger partial charge is 0.354 e. The molecule has 0 amide bonds. The van der Waals surface area contributed by atoms with Crippen molar-refractivity contribution in [3.05, 3.63) is 46.5 Å². The van der Waals surface area contributed by atoms with Gasteiger partial charge in [0.15, 0.2) is 5.96 Å². The molecule has 1 aliphatic carbocycles. The Bertz CT molecular complexity index is 638. The number of guanidine groups is 1. The maximum atomic E-state index is 4.67. The molecule has 1 aliphatic heterocycles. The average Bonchev–Trinajstić information content (AvgIpc) is 3.36. The fourth-order valence-corrected chi connectivity index (χ4v) is 3.97. The zero-order valence-electron chi connectivity index (χ0n) is 16.4.